The monoisotopic (exact) mass is 212 g/mol. The van der Waals surface area contributed by atoms with Crippen molar-refractivity contribution in [3.63, 3.8) is 0 Å². The molecule has 0 aromatic rings. The molecule has 5 nitrogen and oxygen atoms in total. The van der Waals surface area contributed by atoms with Gasteiger partial charge in [0, 0.05) is 0 Å². The van der Waals surface area contributed by atoms with Gasteiger partial charge >= 0.3 is 26.2 Å². The summed E-state index contributed by atoms with van der Waals surface area (Å²) in [6, 6.07) is 0. The first-order valence-corrected chi connectivity index (χ1v) is 1.68. The summed E-state index contributed by atoms with van der Waals surface area (Å²) in [5.74, 6) is -1.65. The fourth-order valence-electron chi connectivity index (χ4n) is 0.0745. The third-order valence-electron chi connectivity index (χ3n) is 0.445. The van der Waals surface area contributed by atoms with E-state index in [-0.39, 0.29) is 32.4 Å². The van der Waals surface area contributed by atoms with Gasteiger partial charge in [0.05, 0.1) is 12.6 Å². The number of carboxylic acid groups (broad SMARTS) is 1. The molecular formula is C3H8NO4Zr+. The Labute approximate surface area is 71.4 Å². The molecule has 5 N–H and O–H groups in total. The molecule has 0 aliphatic heterocycles. The number of aliphatic hydroxyl groups excluding tert-OH is 2. The minimum atomic E-state index is -1.74. The standard InChI is InChI=1S/C3H6O4.H3N.Zr/c4-1-2(5)3(6)7;;/h2,4-5H,1H2,(H,6,7);1H3;/q;;+2/p-1. The third-order valence-corrected chi connectivity index (χ3v) is 0.445. The molecule has 0 heterocycles. The van der Waals surface area contributed by atoms with Crippen molar-refractivity contribution in [2.24, 2.45) is 0 Å². The van der Waals surface area contributed by atoms with E-state index in [1.54, 1.807) is 0 Å². The van der Waals surface area contributed by atoms with Crippen molar-refractivity contribution in [3.8, 4) is 0 Å². The van der Waals surface area contributed by atoms with Crippen LogP contribution in [0.15, 0.2) is 0 Å². The summed E-state index contributed by atoms with van der Waals surface area (Å²) in [4.78, 5) is 9.41. The number of carbonyl (C=O) groups is 1. The summed E-state index contributed by atoms with van der Waals surface area (Å²) >= 11 is 0. The van der Waals surface area contributed by atoms with Crippen LogP contribution in [0.2, 0.25) is 0 Å². The molecule has 0 spiro atoms. The SMILES string of the molecule is N.O=C([O-])C(O)CO.[Zr+2]. The van der Waals surface area contributed by atoms with Crippen molar-refractivity contribution in [2.75, 3.05) is 6.61 Å². The van der Waals surface area contributed by atoms with E-state index in [9.17, 15) is 9.90 Å². The average Bonchev–Trinajstić information content (AvgIpc) is 1.65. The Balaban J connectivity index is -0.000000180. The van der Waals surface area contributed by atoms with Gasteiger partial charge in [-0.15, -0.1) is 0 Å². The van der Waals surface area contributed by atoms with Crippen LogP contribution in [0.25, 0.3) is 0 Å². The molecule has 0 rings (SSSR count). The molecule has 1 atom stereocenters. The molecule has 0 radical (unpaired) electrons. The van der Waals surface area contributed by atoms with Gasteiger partial charge in [-0.25, -0.2) is 0 Å². The van der Waals surface area contributed by atoms with Gasteiger partial charge in [0.15, 0.2) is 0 Å². The number of carbonyl (C=O) groups excluding carboxylic acids is 1. The van der Waals surface area contributed by atoms with Gasteiger partial charge in [0.25, 0.3) is 0 Å². The maximum Gasteiger partial charge on any atom is 2.00 e. The van der Waals surface area contributed by atoms with Crippen LogP contribution in [0.1, 0.15) is 0 Å². The number of hydrogen-bond acceptors (Lipinski definition) is 5. The summed E-state index contributed by atoms with van der Waals surface area (Å²) in [7, 11) is 0. The Morgan fingerprint density at radius 1 is 1.67 bits per heavy atom. The first-order valence-electron chi connectivity index (χ1n) is 1.68. The molecular weight excluding hydrogens is 205 g/mol. The van der Waals surface area contributed by atoms with Crippen LogP contribution >= 0.6 is 0 Å². The van der Waals surface area contributed by atoms with E-state index < -0.39 is 18.7 Å². The molecule has 1 unspecified atom stereocenters. The Bertz CT molecular complexity index is 78.2. The Kier molecular flexibility index (Phi) is 14.7. The van der Waals surface area contributed by atoms with E-state index in [0.29, 0.717) is 0 Å². The van der Waals surface area contributed by atoms with E-state index in [2.05, 4.69) is 0 Å². The number of hydrogen-bond donors (Lipinski definition) is 3. The summed E-state index contributed by atoms with van der Waals surface area (Å²) in [6.45, 7) is -0.789. The number of aliphatic hydroxyl groups is 2. The largest absolute Gasteiger partial charge is 2.00 e. The molecule has 0 aromatic heterocycles. The number of carboxylic acids is 1. The average molecular weight is 213 g/mol. The summed E-state index contributed by atoms with van der Waals surface area (Å²) in [5, 5.41) is 25.3. The second-order valence-corrected chi connectivity index (χ2v) is 1.02. The van der Waals surface area contributed by atoms with Gasteiger partial charge in [-0.05, 0) is 0 Å². The second kappa shape index (κ2) is 8.23. The van der Waals surface area contributed by atoms with E-state index in [4.69, 9.17) is 10.2 Å². The molecule has 6 heteroatoms. The van der Waals surface area contributed by atoms with Gasteiger partial charge in [-0.3, -0.25) is 0 Å². The topological polar surface area (TPSA) is 116 Å². The zero-order valence-corrected chi connectivity index (χ0v) is 7.16. The van der Waals surface area contributed by atoms with Crippen molar-refractivity contribution < 1.29 is 46.3 Å². The molecule has 0 fully saturated rings. The van der Waals surface area contributed by atoms with Gasteiger partial charge in [-0.1, -0.05) is 0 Å². The fraction of sp³-hybridized carbons (Fsp3) is 0.667. The zero-order chi connectivity index (χ0) is 5.86. The maximum atomic E-state index is 9.41. The molecule has 0 saturated heterocycles. The Morgan fingerprint density at radius 3 is 2.00 bits per heavy atom. The van der Waals surface area contributed by atoms with Crippen LogP contribution in [0.3, 0.4) is 0 Å². The predicted molar refractivity (Wildman–Crippen MR) is 23.1 cm³/mol. The molecule has 0 saturated carbocycles. The maximum absolute atomic E-state index is 9.41. The van der Waals surface area contributed by atoms with Crippen molar-refractivity contribution in [1.82, 2.24) is 6.15 Å². The molecule has 0 bridgehead atoms. The van der Waals surface area contributed by atoms with E-state index in [0.717, 1.165) is 0 Å². The van der Waals surface area contributed by atoms with E-state index >= 15 is 0 Å². The molecule has 9 heavy (non-hydrogen) atoms. The predicted octanol–water partition coefficient (Wildman–Crippen LogP) is -2.75. The second-order valence-electron chi connectivity index (χ2n) is 1.02. The van der Waals surface area contributed by atoms with Crippen LogP contribution in [-0.4, -0.2) is 28.9 Å². The van der Waals surface area contributed by atoms with Gasteiger partial charge in [0.1, 0.15) is 6.10 Å². The van der Waals surface area contributed by atoms with Crippen molar-refractivity contribution >= 4 is 5.97 Å². The van der Waals surface area contributed by atoms with Crippen LogP contribution in [0.5, 0.6) is 0 Å². The summed E-state index contributed by atoms with van der Waals surface area (Å²) in [6.07, 6.45) is -1.74. The molecule has 52 valence electrons. The van der Waals surface area contributed by atoms with Crippen LogP contribution in [0.4, 0.5) is 0 Å². The number of rotatable bonds is 2. The Morgan fingerprint density at radius 2 is 2.00 bits per heavy atom. The summed E-state index contributed by atoms with van der Waals surface area (Å²) in [5.41, 5.74) is 0. The van der Waals surface area contributed by atoms with E-state index in [1.807, 2.05) is 0 Å². The number of aliphatic carboxylic acids is 1. The quantitative estimate of drug-likeness (QED) is 0.460. The zero-order valence-electron chi connectivity index (χ0n) is 4.70. The Hall–Kier alpha value is 0.233. The summed E-state index contributed by atoms with van der Waals surface area (Å²) < 4.78 is 0. The van der Waals surface area contributed by atoms with Crippen LogP contribution in [-0.2, 0) is 31.0 Å². The fourth-order valence-corrected chi connectivity index (χ4v) is 0.0745. The molecule has 0 amide bonds. The normalized spacial score (nSPS) is 10.4. The third kappa shape index (κ3) is 8.23. The van der Waals surface area contributed by atoms with Gasteiger partial charge in [0.2, 0.25) is 0 Å². The smallest absolute Gasteiger partial charge is 0.547 e. The van der Waals surface area contributed by atoms with Gasteiger partial charge in [-0.2, -0.15) is 0 Å². The van der Waals surface area contributed by atoms with Crippen LogP contribution < -0.4 is 11.3 Å². The molecule has 0 aliphatic carbocycles. The molecule has 0 aromatic carbocycles. The van der Waals surface area contributed by atoms with Gasteiger partial charge < -0.3 is 26.3 Å². The van der Waals surface area contributed by atoms with Crippen molar-refractivity contribution in [1.29, 1.82) is 0 Å². The minimum Gasteiger partial charge on any atom is -0.547 e. The first-order chi connectivity index (χ1) is 3.18. The van der Waals surface area contributed by atoms with E-state index in [1.165, 1.54) is 0 Å². The molecule has 0 aliphatic rings. The van der Waals surface area contributed by atoms with Crippen molar-refractivity contribution in [2.45, 2.75) is 6.10 Å². The van der Waals surface area contributed by atoms with Crippen molar-refractivity contribution in [3.05, 3.63) is 0 Å². The van der Waals surface area contributed by atoms with Crippen LogP contribution in [0, 0.1) is 0 Å². The first kappa shape index (κ1) is 16.1. The minimum absolute atomic E-state index is 0.